The maximum Gasteiger partial charge on any atom is 0.0797 e. The summed E-state index contributed by atoms with van der Waals surface area (Å²) in [5.74, 6) is 0. The number of aliphatic hydroxyl groups is 1. The summed E-state index contributed by atoms with van der Waals surface area (Å²) < 4.78 is 0. The molecule has 1 unspecified atom stereocenters. The van der Waals surface area contributed by atoms with Crippen LogP contribution in [0.5, 0.6) is 0 Å². The topological polar surface area (TPSA) is 45.1 Å². The molecule has 1 atom stereocenters. The molecule has 0 radical (unpaired) electrons. The number of nitrogens with zero attached hydrogens (tertiary/aromatic N) is 1. The first-order chi connectivity index (χ1) is 8.90. The van der Waals surface area contributed by atoms with Gasteiger partial charge in [-0.3, -0.25) is 4.98 Å². The number of hydrogen-bond acceptors (Lipinski definition) is 4. The van der Waals surface area contributed by atoms with Gasteiger partial charge < -0.3 is 10.4 Å². The van der Waals surface area contributed by atoms with Crippen molar-refractivity contribution in [3.63, 3.8) is 0 Å². The first-order valence-corrected chi connectivity index (χ1v) is 7.13. The van der Waals surface area contributed by atoms with Gasteiger partial charge in [-0.2, -0.15) is 0 Å². The average Bonchev–Trinajstić information content (AvgIpc) is 3.05. The third kappa shape index (κ3) is 2.07. The largest absolute Gasteiger partial charge is 0.395 e. The Morgan fingerprint density at radius 1 is 1.44 bits per heavy atom. The van der Waals surface area contributed by atoms with E-state index in [9.17, 15) is 0 Å². The van der Waals surface area contributed by atoms with E-state index in [4.69, 9.17) is 5.11 Å². The van der Waals surface area contributed by atoms with Gasteiger partial charge in [-0.25, -0.2) is 0 Å². The molecule has 1 aromatic heterocycles. The summed E-state index contributed by atoms with van der Waals surface area (Å²) in [6.45, 7) is 0.856. The van der Waals surface area contributed by atoms with Crippen molar-refractivity contribution in [2.24, 2.45) is 0 Å². The molecule has 3 nitrogen and oxygen atoms in total. The first kappa shape index (κ1) is 11.8. The predicted molar refractivity (Wildman–Crippen MR) is 73.7 cm³/mol. The minimum absolute atomic E-state index is 0.195. The van der Waals surface area contributed by atoms with Crippen LogP contribution < -0.4 is 5.32 Å². The molecule has 0 fully saturated rings. The number of aromatic nitrogens is 1. The van der Waals surface area contributed by atoms with Crippen LogP contribution in [0.3, 0.4) is 0 Å². The van der Waals surface area contributed by atoms with Gasteiger partial charge in [0, 0.05) is 18.8 Å². The fraction of sp³-hybridized carbons (Fsp3) is 0.357. The number of nitrogens with one attached hydrogen (secondary N) is 1. The lowest BCUT2D eigenvalue weighted by atomic mass is 10.0. The molecule has 0 bridgehead atoms. The number of fused-ring (bicyclic) bond motifs is 1. The van der Waals surface area contributed by atoms with E-state index >= 15 is 0 Å². The van der Waals surface area contributed by atoms with Crippen LogP contribution in [0.15, 0.2) is 29.9 Å². The minimum atomic E-state index is 0.195. The van der Waals surface area contributed by atoms with E-state index in [1.54, 1.807) is 11.3 Å². The molecule has 2 N–H and O–H groups in total. The lowest BCUT2D eigenvalue weighted by Crippen LogP contribution is -2.22. The standard InChI is InChI=1S/C14H16N2OS/c17-7-6-16-13-5-4-10-11(13)2-1-3-12(10)14-8-15-9-18-14/h1-3,8-9,13,16-17H,4-7H2. The number of aliphatic hydroxyl groups excluding tert-OH is 1. The Morgan fingerprint density at radius 2 is 2.39 bits per heavy atom. The lowest BCUT2D eigenvalue weighted by molar-refractivity contribution is 0.284. The summed E-state index contributed by atoms with van der Waals surface area (Å²) in [6.07, 6.45) is 4.16. The molecule has 1 heterocycles. The Kier molecular flexibility index (Phi) is 3.41. The molecule has 4 heteroatoms. The molecule has 2 aromatic rings. The Morgan fingerprint density at radius 3 is 3.17 bits per heavy atom. The van der Waals surface area contributed by atoms with Crippen molar-refractivity contribution < 1.29 is 5.11 Å². The Balaban J connectivity index is 1.94. The van der Waals surface area contributed by atoms with Crippen molar-refractivity contribution in [1.29, 1.82) is 0 Å². The van der Waals surface area contributed by atoms with Crippen molar-refractivity contribution in [3.8, 4) is 10.4 Å². The second-order valence-corrected chi connectivity index (χ2v) is 5.39. The molecule has 1 aromatic carbocycles. The smallest absolute Gasteiger partial charge is 0.0797 e. The number of hydrogen-bond donors (Lipinski definition) is 2. The second-order valence-electron chi connectivity index (χ2n) is 4.51. The minimum Gasteiger partial charge on any atom is -0.395 e. The van der Waals surface area contributed by atoms with Crippen LogP contribution in [0, 0.1) is 0 Å². The van der Waals surface area contributed by atoms with Crippen LogP contribution in [-0.4, -0.2) is 23.2 Å². The van der Waals surface area contributed by atoms with Crippen molar-refractivity contribution in [3.05, 3.63) is 41.0 Å². The molecule has 0 spiro atoms. The van der Waals surface area contributed by atoms with Crippen molar-refractivity contribution in [2.45, 2.75) is 18.9 Å². The SMILES string of the molecule is OCCNC1CCc2c(-c3cncs3)cccc21. The summed E-state index contributed by atoms with van der Waals surface area (Å²) in [5, 5.41) is 12.3. The molecule has 1 aliphatic carbocycles. The Labute approximate surface area is 111 Å². The van der Waals surface area contributed by atoms with Gasteiger partial charge in [0.05, 0.1) is 17.0 Å². The monoisotopic (exact) mass is 260 g/mol. The lowest BCUT2D eigenvalue weighted by Gasteiger charge is -2.13. The van der Waals surface area contributed by atoms with Crippen molar-refractivity contribution >= 4 is 11.3 Å². The Hall–Kier alpha value is -1.23. The molecule has 18 heavy (non-hydrogen) atoms. The van der Waals surface area contributed by atoms with E-state index in [0.717, 1.165) is 12.8 Å². The van der Waals surface area contributed by atoms with Crippen LogP contribution in [-0.2, 0) is 6.42 Å². The molecule has 94 valence electrons. The zero-order valence-corrected chi connectivity index (χ0v) is 10.9. The van der Waals surface area contributed by atoms with Gasteiger partial charge in [-0.1, -0.05) is 18.2 Å². The first-order valence-electron chi connectivity index (χ1n) is 6.25. The normalized spacial score (nSPS) is 17.9. The van der Waals surface area contributed by atoms with Gasteiger partial charge in [0.25, 0.3) is 0 Å². The fourth-order valence-electron chi connectivity index (χ4n) is 2.68. The number of benzene rings is 1. The van der Waals surface area contributed by atoms with Gasteiger partial charge in [-0.15, -0.1) is 11.3 Å². The highest BCUT2D eigenvalue weighted by Crippen LogP contribution is 2.38. The van der Waals surface area contributed by atoms with E-state index in [0.29, 0.717) is 12.6 Å². The van der Waals surface area contributed by atoms with E-state index in [1.807, 2.05) is 11.7 Å². The van der Waals surface area contributed by atoms with Crippen LogP contribution in [0.25, 0.3) is 10.4 Å². The number of thiazole rings is 1. The van der Waals surface area contributed by atoms with Crippen LogP contribution in [0.1, 0.15) is 23.6 Å². The maximum atomic E-state index is 8.91. The van der Waals surface area contributed by atoms with E-state index < -0.39 is 0 Å². The third-order valence-corrected chi connectivity index (χ3v) is 4.28. The second kappa shape index (κ2) is 5.18. The highest BCUT2D eigenvalue weighted by atomic mass is 32.1. The summed E-state index contributed by atoms with van der Waals surface area (Å²) >= 11 is 1.69. The van der Waals surface area contributed by atoms with Crippen molar-refractivity contribution in [2.75, 3.05) is 13.2 Å². The van der Waals surface area contributed by atoms with Crippen LogP contribution in [0.2, 0.25) is 0 Å². The summed E-state index contributed by atoms with van der Waals surface area (Å²) in [7, 11) is 0. The van der Waals surface area contributed by atoms with E-state index in [2.05, 4.69) is 28.5 Å². The average molecular weight is 260 g/mol. The fourth-order valence-corrected chi connectivity index (χ4v) is 3.36. The van der Waals surface area contributed by atoms with Crippen molar-refractivity contribution in [1.82, 2.24) is 10.3 Å². The van der Waals surface area contributed by atoms with Gasteiger partial charge in [-0.05, 0) is 29.5 Å². The molecule has 0 amide bonds. The van der Waals surface area contributed by atoms with Gasteiger partial charge >= 0.3 is 0 Å². The van der Waals surface area contributed by atoms with Crippen LogP contribution in [0.4, 0.5) is 0 Å². The zero-order valence-electron chi connectivity index (χ0n) is 10.1. The number of rotatable bonds is 4. The molecule has 0 aliphatic heterocycles. The maximum absolute atomic E-state index is 8.91. The summed E-state index contributed by atoms with van der Waals surface area (Å²) in [5.41, 5.74) is 6.03. The molecule has 0 saturated heterocycles. The third-order valence-electron chi connectivity index (χ3n) is 3.47. The molecule has 0 saturated carbocycles. The predicted octanol–water partition coefficient (Wildman–Crippen LogP) is 2.38. The Bertz CT molecular complexity index is 525. The zero-order chi connectivity index (χ0) is 12.4. The molecular formula is C14H16N2OS. The van der Waals surface area contributed by atoms with Gasteiger partial charge in [0.1, 0.15) is 0 Å². The molecular weight excluding hydrogens is 244 g/mol. The molecule has 1 aliphatic rings. The quantitative estimate of drug-likeness (QED) is 0.887. The van der Waals surface area contributed by atoms with Crippen LogP contribution >= 0.6 is 11.3 Å². The summed E-state index contributed by atoms with van der Waals surface area (Å²) in [6, 6.07) is 6.88. The van der Waals surface area contributed by atoms with Gasteiger partial charge in [0.2, 0.25) is 0 Å². The van der Waals surface area contributed by atoms with E-state index in [-0.39, 0.29) is 6.61 Å². The van der Waals surface area contributed by atoms with Gasteiger partial charge in [0.15, 0.2) is 0 Å². The van der Waals surface area contributed by atoms with E-state index in [1.165, 1.54) is 21.6 Å². The highest BCUT2D eigenvalue weighted by Gasteiger charge is 2.24. The summed E-state index contributed by atoms with van der Waals surface area (Å²) in [4.78, 5) is 5.41. The highest BCUT2D eigenvalue weighted by molar-refractivity contribution is 7.13. The molecule has 3 rings (SSSR count).